The molecule has 76 valence electrons. The summed E-state index contributed by atoms with van der Waals surface area (Å²) in [5.41, 5.74) is 0. The molecule has 0 aromatic carbocycles. The van der Waals surface area contributed by atoms with Crippen LogP contribution in [-0.2, 0) is 26.7 Å². The van der Waals surface area contributed by atoms with E-state index in [1.807, 2.05) is 0 Å². The Morgan fingerprint density at radius 2 is 1.17 bits per heavy atom. The largest absolute Gasteiger partial charge is 1.00 e. The summed E-state index contributed by atoms with van der Waals surface area (Å²) in [5.74, 6) is -1.74. The van der Waals surface area contributed by atoms with E-state index < -0.39 is 11.9 Å². The summed E-state index contributed by atoms with van der Waals surface area (Å²) in [6.07, 6.45) is 1.02. The van der Waals surface area contributed by atoms with Crippen LogP contribution in [0.2, 0.25) is 0 Å². The van der Waals surface area contributed by atoms with E-state index in [4.69, 9.17) is 10.2 Å². The van der Waals surface area contributed by atoms with Crippen LogP contribution < -0.4 is 0 Å². The monoisotopic (exact) mass is 224 g/mol. The predicted octanol–water partition coefficient (Wildman–Crippen LogP) is 1.16. The zero-order valence-corrected chi connectivity index (χ0v) is 7.78. The number of hydrogen-bond acceptors (Lipinski definition) is 2. The van der Waals surface area contributed by atoms with E-state index in [-0.39, 0.29) is 37.3 Å². The van der Waals surface area contributed by atoms with Crippen LogP contribution in [0.25, 0.3) is 0 Å². The number of carbonyl (C=O) groups is 2. The Labute approximate surface area is 82.4 Å². The van der Waals surface area contributed by atoms with Gasteiger partial charge in [0.05, 0.1) is 0 Å². The summed E-state index contributed by atoms with van der Waals surface area (Å²) < 4.78 is 0. The molecular weight excluding hydrogens is 212 g/mol. The minimum absolute atomic E-state index is 0. The van der Waals surface area contributed by atoms with Gasteiger partial charge in [0.1, 0.15) is 0 Å². The minimum Gasteiger partial charge on any atom is -0.481 e. The van der Waals surface area contributed by atoms with Gasteiger partial charge in [-0.25, -0.2) is 0 Å². The third kappa shape index (κ3) is 16.2. The molecule has 0 radical (unpaired) electrons. The number of hydrogen-bond donors (Lipinski definition) is 2. The summed E-state index contributed by atoms with van der Waals surface area (Å²) in [7, 11) is 0. The number of carboxylic acid groups (broad SMARTS) is 2. The van der Waals surface area contributed by atoms with Crippen LogP contribution in [0.1, 0.15) is 25.7 Å². The molecule has 0 aliphatic heterocycles. The number of unbranched alkanes of at least 4 members (excludes halogenated alkanes) is 1. The Balaban J connectivity index is -0.000000405. The third-order valence-electron chi connectivity index (χ3n) is 1.03. The molecule has 0 unspecified atom stereocenters. The van der Waals surface area contributed by atoms with Gasteiger partial charge < -0.3 is 17.6 Å². The summed E-state index contributed by atoms with van der Waals surface area (Å²) in [6.45, 7) is 0. The maximum Gasteiger partial charge on any atom is 1.00 e. The molecule has 0 aromatic heterocycles. The predicted molar refractivity (Wildman–Crippen MR) is 40.2 cm³/mol. The summed E-state index contributed by atoms with van der Waals surface area (Å²) in [6, 6.07) is 0. The van der Waals surface area contributed by atoms with E-state index in [1.54, 1.807) is 0 Å². The topological polar surface area (TPSA) is 74.6 Å². The molecule has 0 amide bonds. The van der Waals surface area contributed by atoms with Gasteiger partial charge in [0.15, 0.2) is 0 Å². The normalized spacial score (nSPS) is 7.67. The van der Waals surface area contributed by atoms with Crippen molar-refractivity contribution in [2.75, 3.05) is 0 Å². The first kappa shape index (κ1) is 17.5. The molecule has 0 heterocycles. The molecule has 0 saturated carbocycles. The fourth-order valence-electron chi connectivity index (χ4n) is 0.552. The molecule has 4 nitrogen and oxygen atoms in total. The summed E-state index contributed by atoms with van der Waals surface area (Å²) >= 11 is 0. The Hall–Kier alpha value is -0.541. The number of rotatable bonds is 5. The number of carboxylic acids is 2. The van der Waals surface area contributed by atoms with Crippen molar-refractivity contribution in [3.63, 3.8) is 0 Å². The molecule has 0 atom stereocenters. The van der Waals surface area contributed by atoms with Crippen molar-refractivity contribution >= 4 is 11.9 Å². The van der Waals surface area contributed by atoms with E-state index in [9.17, 15) is 9.59 Å². The Morgan fingerprint density at radius 3 is 1.33 bits per heavy atom. The number of aliphatic carboxylic acids is 2. The fourth-order valence-corrected chi connectivity index (χ4v) is 0.552. The molecule has 0 spiro atoms. The molecule has 12 heavy (non-hydrogen) atoms. The van der Waals surface area contributed by atoms with Gasteiger partial charge in [0.2, 0.25) is 0 Å². The van der Waals surface area contributed by atoms with E-state index in [1.165, 1.54) is 0 Å². The van der Waals surface area contributed by atoms with Crippen molar-refractivity contribution in [2.45, 2.75) is 25.7 Å². The van der Waals surface area contributed by atoms with Gasteiger partial charge in [-0.1, -0.05) is 0 Å². The van der Waals surface area contributed by atoms with Crippen LogP contribution in [-0.4, -0.2) is 22.2 Å². The molecular formula is C7H13CuO4. The molecule has 2 N–H and O–H groups in total. The van der Waals surface area contributed by atoms with Crippen molar-refractivity contribution in [1.82, 2.24) is 0 Å². The Bertz CT molecular complexity index is 119. The van der Waals surface area contributed by atoms with Gasteiger partial charge in [-0.15, -0.1) is 0 Å². The van der Waals surface area contributed by atoms with Crippen LogP contribution >= 0.6 is 0 Å². The Kier molecular flexibility index (Phi) is 15.3. The van der Waals surface area contributed by atoms with Gasteiger partial charge in [-0.2, -0.15) is 0 Å². The van der Waals surface area contributed by atoms with Crippen molar-refractivity contribution in [1.29, 1.82) is 0 Å². The van der Waals surface area contributed by atoms with Crippen molar-refractivity contribution in [3.8, 4) is 0 Å². The van der Waals surface area contributed by atoms with Gasteiger partial charge in [0.25, 0.3) is 0 Å². The van der Waals surface area contributed by atoms with Crippen LogP contribution in [0.4, 0.5) is 0 Å². The van der Waals surface area contributed by atoms with Gasteiger partial charge in [-0.3, -0.25) is 9.59 Å². The molecule has 0 aromatic rings. The molecule has 0 fully saturated rings. The summed E-state index contributed by atoms with van der Waals surface area (Å²) in [4.78, 5) is 19.8. The fraction of sp³-hybridized carbons (Fsp3) is 0.571. The zero-order chi connectivity index (χ0) is 7.98. The first-order valence-electron chi connectivity index (χ1n) is 3.06. The van der Waals surface area contributed by atoms with Gasteiger partial charge in [0, 0.05) is 12.8 Å². The average molecular weight is 225 g/mol. The first-order chi connectivity index (χ1) is 4.63. The quantitative estimate of drug-likeness (QED) is 0.418. The van der Waals surface area contributed by atoms with E-state index >= 15 is 0 Å². The molecule has 0 aliphatic carbocycles. The standard InChI is InChI=1S/C6H10O4.CH3.Cu/c7-5(8)3-1-2-4-6(9)10;;/h1-4H2,(H,7,8)(H,9,10);1H3;/q;-1;+1. The SMILES string of the molecule is O=C(O)CCCCC(=O)O.[CH3-].[Cu+]. The first-order valence-corrected chi connectivity index (χ1v) is 3.06. The molecule has 5 heteroatoms. The van der Waals surface area contributed by atoms with Gasteiger partial charge >= 0.3 is 29.0 Å². The van der Waals surface area contributed by atoms with Crippen molar-refractivity contribution in [2.24, 2.45) is 0 Å². The minimum atomic E-state index is -0.870. The van der Waals surface area contributed by atoms with Gasteiger partial charge in [-0.05, 0) is 12.8 Å². The van der Waals surface area contributed by atoms with Crippen LogP contribution in [0.3, 0.4) is 0 Å². The molecule has 0 saturated heterocycles. The molecule has 0 rings (SSSR count). The van der Waals surface area contributed by atoms with Crippen molar-refractivity contribution < 1.29 is 36.9 Å². The average Bonchev–Trinajstić information content (AvgIpc) is 1.79. The van der Waals surface area contributed by atoms with Crippen LogP contribution in [0.15, 0.2) is 0 Å². The molecule has 0 aliphatic rings. The van der Waals surface area contributed by atoms with E-state index in [2.05, 4.69) is 0 Å². The maximum atomic E-state index is 9.90. The van der Waals surface area contributed by atoms with Crippen molar-refractivity contribution in [3.05, 3.63) is 7.43 Å². The second kappa shape index (κ2) is 10.5. The van der Waals surface area contributed by atoms with E-state index in [0.717, 1.165) is 0 Å². The molecule has 0 bridgehead atoms. The third-order valence-corrected chi connectivity index (χ3v) is 1.03. The Morgan fingerprint density at radius 1 is 0.917 bits per heavy atom. The second-order valence-electron chi connectivity index (χ2n) is 1.99. The van der Waals surface area contributed by atoms with E-state index in [0.29, 0.717) is 12.8 Å². The van der Waals surface area contributed by atoms with Crippen LogP contribution in [0, 0.1) is 7.43 Å². The maximum absolute atomic E-state index is 9.90. The van der Waals surface area contributed by atoms with Crippen LogP contribution in [0.5, 0.6) is 0 Å². The smallest absolute Gasteiger partial charge is 0.481 e. The zero-order valence-electron chi connectivity index (χ0n) is 6.84. The summed E-state index contributed by atoms with van der Waals surface area (Å²) in [5, 5.41) is 16.3. The second-order valence-corrected chi connectivity index (χ2v) is 1.99.